The number of hydrogen-bond acceptors (Lipinski definition) is 5. The lowest BCUT2D eigenvalue weighted by Gasteiger charge is -2.26. The Hall–Kier alpha value is -3.10. The second-order valence-corrected chi connectivity index (χ2v) is 6.60. The van der Waals surface area contributed by atoms with Crippen molar-refractivity contribution in [2.75, 3.05) is 39.5 Å². The molecule has 3 aromatic rings. The van der Waals surface area contributed by atoms with Crippen molar-refractivity contribution in [1.29, 1.82) is 0 Å². The summed E-state index contributed by atoms with van der Waals surface area (Å²) in [5.74, 6) is 0.764. The van der Waals surface area contributed by atoms with Gasteiger partial charge in [-0.25, -0.2) is 9.36 Å². The predicted molar refractivity (Wildman–Crippen MR) is 105 cm³/mol. The quantitative estimate of drug-likeness (QED) is 0.696. The van der Waals surface area contributed by atoms with Crippen LogP contribution in [-0.4, -0.2) is 59.9 Å². The van der Waals surface area contributed by atoms with E-state index in [2.05, 4.69) is 16.0 Å². The average Bonchev–Trinajstić information content (AvgIpc) is 3.12. The minimum atomic E-state index is -0.838. The fourth-order valence-electron chi connectivity index (χ4n) is 3.26. The summed E-state index contributed by atoms with van der Waals surface area (Å²) >= 11 is 0. The number of benzene rings is 1. The summed E-state index contributed by atoms with van der Waals surface area (Å²) in [5, 5.41) is 0.910. The average molecular weight is 381 g/mol. The molecule has 1 aromatic carbocycles. The van der Waals surface area contributed by atoms with E-state index >= 15 is 0 Å². The molecule has 1 amide bonds. The molecule has 0 bridgehead atoms. The highest BCUT2D eigenvalue weighted by Gasteiger charge is 2.13. The first-order valence-electron chi connectivity index (χ1n) is 9.10. The molecule has 8 nitrogen and oxygen atoms in total. The molecule has 145 valence electrons. The normalized spacial score (nSPS) is 15.0. The molecule has 3 heterocycles. The third-order valence-corrected chi connectivity index (χ3v) is 4.78. The van der Waals surface area contributed by atoms with E-state index in [-0.39, 0.29) is 0 Å². The minimum Gasteiger partial charge on any atom is -0.492 e. The van der Waals surface area contributed by atoms with E-state index in [1.54, 1.807) is 0 Å². The zero-order chi connectivity index (χ0) is 19.5. The smallest absolute Gasteiger partial charge is 0.325 e. The molecule has 2 aromatic heterocycles. The Labute approximate surface area is 161 Å². The molecular formula is C20H21N4O4. The zero-order valence-electron chi connectivity index (χ0n) is 15.3. The van der Waals surface area contributed by atoms with Crippen LogP contribution < -0.4 is 16.0 Å². The Kier molecular flexibility index (Phi) is 5.14. The van der Waals surface area contributed by atoms with Gasteiger partial charge < -0.3 is 20.2 Å². The Bertz CT molecular complexity index is 1050. The van der Waals surface area contributed by atoms with Crippen LogP contribution in [-0.2, 0) is 4.74 Å². The van der Waals surface area contributed by atoms with Crippen LogP contribution >= 0.6 is 0 Å². The third kappa shape index (κ3) is 3.78. The number of ether oxygens (including phenoxy) is 2. The number of H-pyrrole nitrogens is 1. The number of pyridine rings is 1. The molecule has 0 unspecified atom stereocenters. The largest absolute Gasteiger partial charge is 0.492 e. The van der Waals surface area contributed by atoms with Crippen molar-refractivity contribution < 1.29 is 14.3 Å². The van der Waals surface area contributed by atoms with Crippen molar-refractivity contribution in [3.05, 3.63) is 52.9 Å². The Morgan fingerprint density at radius 3 is 2.89 bits per heavy atom. The van der Waals surface area contributed by atoms with E-state index in [9.17, 15) is 9.59 Å². The number of carbonyl (C=O) groups is 1. The topological polar surface area (TPSA) is 103 Å². The highest BCUT2D eigenvalue weighted by atomic mass is 16.5. The van der Waals surface area contributed by atoms with Crippen LogP contribution in [0.5, 0.6) is 5.75 Å². The fraction of sp³-hybridized carbons (Fsp3) is 0.300. The van der Waals surface area contributed by atoms with Crippen LogP contribution in [0.3, 0.4) is 0 Å². The summed E-state index contributed by atoms with van der Waals surface area (Å²) in [7, 11) is 0. The van der Waals surface area contributed by atoms with Crippen molar-refractivity contribution in [3.63, 3.8) is 0 Å². The van der Waals surface area contributed by atoms with Crippen LogP contribution in [0.2, 0.25) is 0 Å². The van der Waals surface area contributed by atoms with Crippen LogP contribution in [0, 0.1) is 6.07 Å². The second kappa shape index (κ2) is 7.87. The second-order valence-electron chi connectivity index (χ2n) is 6.60. The maximum absolute atomic E-state index is 12.4. The van der Waals surface area contributed by atoms with Gasteiger partial charge in [0, 0.05) is 42.8 Å². The number of hydrogen-bond donors (Lipinski definition) is 2. The number of primary amides is 1. The third-order valence-electron chi connectivity index (χ3n) is 4.78. The molecule has 0 spiro atoms. The first-order chi connectivity index (χ1) is 13.6. The maximum atomic E-state index is 12.4. The van der Waals surface area contributed by atoms with Gasteiger partial charge >= 0.3 is 6.03 Å². The van der Waals surface area contributed by atoms with Crippen molar-refractivity contribution in [1.82, 2.24) is 14.5 Å². The van der Waals surface area contributed by atoms with Gasteiger partial charge in [-0.1, -0.05) is 0 Å². The molecule has 0 atom stereocenters. The standard InChI is InChI=1S/C20H21N4O4/c21-20(26)24-5-1-2-16(19(24)25)18-13-14-12-15(3-4-17(14)22-18)28-11-8-23-6-9-27-10-7-23/h2-5,12-13,22H,6-11H2,(H2,21,26). The Morgan fingerprint density at radius 2 is 2.11 bits per heavy atom. The van der Waals surface area contributed by atoms with Gasteiger partial charge in [-0.15, -0.1) is 0 Å². The number of rotatable bonds is 5. The number of nitrogens with zero attached hydrogens (tertiary/aromatic N) is 2. The first kappa shape index (κ1) is 18.3. The molecule has 1 aliphatic heterocycles. The molecule has 8 heteroatoms. The van der Waals surface area contributed by atoms with E-state index in [1.807, 2.05) is 24.3 Å². The van der Waals surface area contributed by atoms with Crippen LogP contribution in [0.4, 0.5) is 4.79 Å². The number of aromatic nitrogens is 2. The summed E-state index contributed by atoms with van der Waals surface area (Å²) in [4.78, 5) is 29.3. The molecule has 1 radical (unpaired) electrons. The molecule has 1 aliphatic rings. The van der Waals surface area contributed by atoms with Crippen molar-refractivity contribution >= 4 is 16.9 Å². The molecular weight excluding hydrogens is 360 g/mol. The number of fused-ring (bicyclic) bond motifs is 1. The Morgan fingerprint density at radius 1 is 1.29 bits per heavy atom. The van der Waals surface area contributed by atoms with Gasteiger partial charge in [-0.2, -0.15) is 0 Å². The predicted octanol–water partition coefficient (Wildman–Crippen LogP) is 1.43. The monoisotopic (exact) mass is 381 g/mol. The van der Waals surface area contributed by atoms with Gasteiger partial charge in [0.2, 0.25) is 0 Å². The van der Waals surface area contributed by atoms with E-state index in [1.165, 1.54) is 12.3 Å². The SMILES string of the molecule is NC(=O)n1c[c]cc(-c2cc3cc(OCCN4CCOCC4)ccc3[nH]2)c1=O. The van der Waals surface area contributed by atoms with Gasteiger partial charge in [0.1, 0.15) is 12.4 Å². The van der Waals surface area contributed by atoms with E-state index < -0.39 is 11.6 Å². The molecule has 28 heavy (non-hydrogen) atoms. The highest BCUT2D eigenvalue weighted by Crippen LogP contribution is 2.25. The van der Waals surface area contributed by atoms with Gasteiger partial charge in [0.05, 0.1) is 24.5 Å². The van der Waals surface area contributed by atoms with Gasteiger partial charge in [-0.05, 0) is 30.3 Å². The summed E-state index contributed by atoms with van der Waals surface area (Å²) in [6.45, 7) is 4.85. The lowest BCUT2D eigenvalue weighted by atomic mass is 10.2. The number of aromatic amines is 1. The molecule has 1 fully saturated rings. The van der Waals surface area contributed by atoms with E-state index in [0.717, 1.165) is 54.1 Å². The lowest BCUT2D eigenvalue weighted by Crippen LogP contribution is -2.38. The number of nitrogens with two attached hydrogens (primary N) is 1. The first-order valence-corrected chi connectivity index (χ1v) is 9.10. The number of morpholine rings is 1. The van der Waals surface area contributed by atoms with Crippen molar-refractivity contribution in [2.24, 2.45) is 5.73 Å². The summed E-state index contributed by atoms with van der Waals surface area (Å²) in [5.41, 5.74) is 6.52. The molecule has 3 N–H and O–H groups in total. The molecule has 4 rings (SSSR count). The van der Waals surface area contributed by atoms with Gasteiger partial charge in [0.15, 0.2) is 0 Å². The molecule has 1 saturated heterocycles. The maximum Gasteiger partial charge on any atom is 0.325 e. The van der Waals surface area contributed by atoms with E-state index in [0.29, 0.717) is 17.9 Å². The summed E-state index contributed by atoms with van der Waals surface area (Å²) in [6.07, 6.45) is 1.23. The van der Waals surface area contributed by atoms with Crippen molar-refractivity contribution in [3.8, 4) is 17.0 Å². The van der Waals surface area contributed by atoms with Crippen LogP contribution in [0.15, 0.2) is 41.3 Å². The minimum absolute atomic E-state index is 0.326. The number of carbonyl (C=O) groups excluding carboxylic acids is 1. The lowest BCUT2D eigenvalue weighted by molar-refractivity contribution is 0.0322. The highest BCUT2D eigenvalue weighted by molar-refractivity contribution is 5.87. The van der Waals surface area contributed by atoms with Gasteiger partial charge in [-0.3, -0.25) is 9.69 Å². The van der Waals surface area contributed by atoms with Gasteiger partial charge in [0.25, 0.3) is 5.56 Å². The van der Waals surface area contributed by atoms with Crippen LogP contribution in [0.25, 0.3) is 22.2 Å². The number of amides is 1. The fourth-order valence-corrected chi connectivity index (χ4v) is 3.26. The van der Waals surface area contributed by atoms with E-state index in [4.69, 9.17) is 15.2 Å². The molecule has 0 aliphatic carbocycles. The molecule has 0 saturated carbocycles. The van der Waals surface area contributed by atoms with Crippen LogP contribution in [0.1, 0.15) is 0 Å². The zero-order valence-corrected chi connectivity index (χ0v) is 15.3. The number of nitrogens with one attached hydrogen (secondary N) is 1. The van der Waals surface area contributed by atoms with Crippen molar-refractivity contribution in [2.45, 2.75) is 0 Å². The summed E-state index contributed by atoms with van der Waals surface area (Å²) < 4.78 is 12.1. The summed E-state index contributed by atoms with van der Waals surface area (Å²) in [6, 6.07) is 11.0. The Balaban J connectivity index is 1.51.